The summed E-state index contributed by atoms with van der Waals surface area (Å²) in [5.41, 5.74) is 4.49. The van der Waals surface area contributed by atoms with Crippen LogP contribution in [0.5, 0.6) is 0 Å². The molecular formula is C28H29N5OS. The van der Waals surface area contributed by atoms with E-state index < -0.39 is 0 Å². The number of amides is 1. The van der Waals surface area contributed by atoms with E-state index in [-0.39, 0.29) is 11.9 Å². The fourth-order valence-corrected chi connectivity index (χ4v) is 5.26. The lowest BCUT2D eigenvalue weighted by molar-refractivity contribution is -0.132. The smallest absolute Gasteiger partial charge is 0.228 e. The van der Waals surface area contributed by atoms with Gasteiger partial charge in [0.2, 0.25) is 5.91 Å². The number of carbonyl (C=O) groups is 1. The first-order valence-electron chi connectivity index (χ1n) is 11.9. The molecule has 3 heterocycles. The number of hydrogen-bond donors (Lipinski definition) is 1. The maximum Gasteiger partial charge on any atom is 0.228 e. The standard InChI is InChI=1S/C28H29N5OS/c1-21-12-13-29-25(18-21)31-28-30-24(20-35-28)19-26(34)32-14-16-33(17-15-32)27(22-8-4-2-5-9-22)23-10-6-3-7-11-23/h2-13,18,20,27H,14-17,19H2,1H3,(H,29,30,31). The molecule has 0 bridgehead atoms. The molecule has 178 valence electrons. The first-order chi connectivity index (χ1) is 17.2. The molecule has 1 aliphatic rings. The molecule has 0 aliphatic carbocycles. The number of carbonyl (C=O) groups excluding carboxylic acids is 1. The van der Waals surface area contributed by atoms with Gasteiger partial charge in [-0.1, -0.05) is 60.7 Å². The fourth-order valence-electron chi connectivity index (χ4n) is 4.54. The van der Waals surface area contributed by atoms with Gasteiger partial charge in [0.05, 0.1) is 18.2 Å². The molecule has 4 aromatic rings. The van der Waals surface area contributed by atoms with Crippen LogP contribution in [0.2, 0.25) is 0 Å². The summed E-state index contributed by atoms with van der Waals surface area (Å²) in [6, 6.07) is 25.4. The van der Waals surface area contributed by atoms with Crippen molar-refractivity contribution in [3.63, 3.8) is 0 Å². The minimum absolute atomic E-state index is 0.131. The third-order valence-corrected chi connectivity index (χ3v) is 7.10. The molecule has 5 rings (SSSR count). The zero-order chi connectivity index (χ0) is 24.0. The average molecular weight is 484 g/mol. The van der Waals surface area contributed by atoms with E-state index in [1.807, 2.05) is 29.3 Å². The number of nitrogens with one attached hydrogen (secondary N) is 1. The van der Waals surface area contributed by atoms with Crippen LogP contribution in [0.1, 0.15) is 28.4 Å². The number of anilines is 2. The second-order valence-electron chi connectivity index (χ2n) is 8.80. The van der Waals surface area contributed by atoms with E-state index in [1.54, 1.807) is 6.20 Å². The molecule has 7 heteroatoms. The van der Waals surface area contributed by atoms with Crippen molar-refractivity contribution in [3.8, 4) is 0 Å². The highest BCUT2D eigenvalue weighted by atomic mass is 32.1. The summed E-state index contributed by atoms with van der Waals surface area (Å²) in [6.45, 7) is 5.14. The van der Waals surface area contributed by atoms with Crippen molar-refractivity contribution in [2.45, 2.75) is 19.4 Å². The SMILES string of the molecule is Cc1ccnc(Nc2nc(CC(=O)N3CCN(C(c4ccccc4)c4ccccc4)CC3)cs2)c1. The van der Waals surface area contributed by atoms with E-state index in [0.717, 1.165) is 48.4 Å². The molecule has 0 spiro atoms. The highest BCUT2D eigenvalue weighted by Gasteiger charge is 2.28. The number of hydrogen-bond acceptors (Lipinski definition) is 6. The van der Waals surface area contributed by atoms with Crippen LogP contribution in [0.3, 0.4) is 0 Å². The zero-order valence-electron chi connectivity index (χ0n) is 19.8. The zero-order valence-corrected chi connectivity index (χ0v) is 20.6. The largest absolute Gasteiger partial charge is 0.340 e. The maximum atomic E-state index is 13.0. The van der Waals surface area contributed by atoms with Crippen molar-refractivity contribution in [3.05, 3.63) is 107 Å². The van der Waals surface area contributed by atoms with Crippen LogP contribution in [0, 0.1) is 6.92 Å². The first-order valence-corrected chi connectivity index (χ1v) is 12.8. The van der Waals surface area contributed by atoms with E-state index in [1.165, 1.54) is 22.5 Å². The Bertz CT molecular complexity index is 1210. The Morgan fingerprint density at radius 3 is 2.26 bits per heavy atom. The predicted molar refractivity (Wildman–Crippen MR) is 141 cm³/mol. The monoisotopic (exact) mass is 483 g/mol. The highest BCUT2D eigenvalue weighted by Crippen LogP contribution is 2.29. The Labute approximate surface area is 210 Å². The van der Waals surface area contributed by atoms with Gasteiger partial charge < -0.3 is 10.2 Å². The predicted octanol–water partition coefficient (Wildman–Crippen LogP) is 5.07. The molecular weight excluding hydrogens is 454 g/mol. The summed E-state index contributed by atoms with van der Waals surface area (Å²) in [5.74, 6) is 0.894. The molecule has 1 amide bonds. The van der Waals surface area contributed by atoms with Gasteiger partial charge in [-0.2, -0.15) is 0 Å². The molecule has 2 aromatic heterocycles. The molecule has 0 unspecified atom stereocenters. The Balaban J connectivity index is 1.20. The number of nitrogens with zero attached hydrogens (tertiary/aromatic N) is 4. The summed E-state index contributed by atoms with van der Waals surface area (Å²) in [5, 5.41) is 5.94. The van der Waals surface area contributed by atoms with Gasteiger partial charge in [-0.25, -0.2) is 9.97 Å². The summed E-state index contributed by atoms with van der Waals surface area (Å²) < 4.78 is 0. The van der Waals surface area contributed by atoms with Gasteiger partial charge in [-0.05, 0) is 35.7 Å². The molecule has 1 N–H and O–H groups in total. The average Bonchev–Trinajstić information content (AvgIpc) is 3.32. The number of benzene rings is 2. The van der Waals surface area contributed by atoms with Crippen LogP contribution in [-0.2, 0) is 11.2 Å². The molecule has 0 radical (unpaired) electrons. The van der Waals surface area contributed by atoms with Crippen LogP contribution < -0.4 is 5.32 Å². The lowest BCUT2D eigenvalue weighted by Crippen LogP contribution is -2.50. The van der Waals surface area contributed by atoms with Crippen molar-refractivity contribution in [2.75, 3.05) is 31.5 Å². The lowest BCUT2D eigenvalue weighted by Gasteiger charge is -2.39. The summed E-state index contributed by atoms with van der Waals surface area (Å²) in [6.07, 6.45) is 2.09. The van der Waals surface area contributed by atoms with E-state index in [0.29, 0.717) is 6.42 Å². The Hall–Kier alpha value is -3.55. The summed E-state index contributed by atoms with van der Waals surface area (Å²) in [4.78, 5) is 26.4. The normalized spacial score (nSPS) is 14.3. The van der Waals surface area contributed by atoms with Gasteiger partial charge >= 0.3 is 0 Å². The number of thiazole rings is 1. The second kappa shape index (κ2) is 10.8. The molecule has 6 nitrogen and oxygen atoms in total. The summed E-state index contributed by atoms with van der Waals surface area (Å²) >= 11 is 1.50. The number of piperazine rings is 1. The molecule has 2 aromatic carbocycles. The van der Waals surface area contributed by atoms with Crippen LogP contribution in [-0.4, -0.2) is 51.9 Å². The van der Waals surface area contributed by atoms with Crippen LogP contribution >= 0.6 is 11.3 Å². The quantitative estimate of drug-likeness (QED) is 0.398. The van der Waals surface area contributed by atoms with E-state index in [4.69, 9.17) is 0 Å². The van der Waals surface area contributed by atoms with Crippen molar-refractivity contribution >= 4 is 28.2 Å². The molecule has 0 atom stereocenters. The van der Waals surface area contributed by atoms with Gasteiger partial charge in [0.15, 0.2) is 5.13 Å². The van der Waals surface area contributed by atoms with Gasteiger partial charge in [0.1, 0.15) is 5.82 Å². The van der Waals surface area contributed by atoms with Crippen LogP contribution in [0.25, 0.3) is 0 Å². The van der Waals surface area contributed by atoms with Gasteiger partial charge in [0, 0.05) is 37.8 Å². The number of aryl methyl sites for hydroxylation is 1. The molecule has 1 saturated heterocycles. The van der Waals surface area contributed by atoms with Crippen molar-refractivity contribution < 1.29 is 4.79 Å². The maximum absolute atomic E-state index is 13.0. The van der Waals surface area contributed by atoms with E-state index >= 15 is 0 Å². The number of aromatic nitrogens is 2. The molecule has 0 saturated carbocycles. The Kier molecular flexibility index (Phi) is 7.16. The van der Waals surface area contributed by atoms with Crippen molar-refractivity contribution in [1.29, 1.82) is 0 Å². The second-order valence-corrected chi connectivity index (χ2v) is 9.66. The van der Waals surface area contributed by atoms with Crippen LogP contribution in [0.4, 0.5) is 10.9 Å². The molecule has 35 heavy (non-hydrogen) atoms. The Morgan fingerprint density at radius 1 is 0.971 bits per heavy atom. The first kappa shape index (κ1) is 23.2. The Morgan fingerprint density at radius 2 is 1.63 bits per heavy atom. The fraction of sp³-hybridized carbons (Fsp3) is 0.250. The summed E-state index contributed by atoms with van der Waals surface area (Å²) in [7, 11) is 0. The molecule has 1 fully saturated rings. The van der Waals surface area contributed by atoms with Crippen molar-refractivity contribution in [2.24, 2.45) is 0 Å². The molecule has 1 aliphatic heterocycles. The van der Waals surface area contributed by atoms with E-state index in [2.05, 4.69) is 80.8 Å². The minimum Gasteiger partial charge on any atom is -0.340 e. The number of rotatable bonds is 7. The van der Waals surface area contributed by atoms with Crippen molar-refractivity contribution in [1.82, 2.24) is 19.8 Å². The minimum atomic E-state index is 0.131. The van der Waals surface area contributed by atoms with Gasteiger partial charge in [-0.15, -0.1) is 11.3 Å². The van der Waals surface area contributed by atoms with Gasteiger partial charge in [0.25, 0.3) is 0 Å². The topological polar surface area (TPSA) is 61.4 Å². The number of pyridine rings is 1. The third-order valence-electron chi connectivity index (χ3n) is 6.30. The van der Waals surface area contributed by atoms with Gasteiger partial charge in [-0.3, -0.25) is 9.69 Å². The van der Waals surface area contributed by atoms with Crippen LogP contribution in [0.15, 0.2) is 84.4 Å². The lowest BCUT2D eigenvalue weighted by atomic mass is 9.96. The van der Waals surface area contributed by atoms with E-state index in [9.17, 15) is 4.79 Å². The highest BCUT2D eigenvalue weighted by molar-refractivity contribution is 7.13. The third kappa shape index (κ3) is 5.75.